The van der Waals surface area contributed by atoms with Gasteiger partial charge in [-0.1, -0.05) is 35.9 Å². The molecule has 0 saturated carbocycles. The molecular weight excluding hydrogens is 442 g/mol. The lowest BCUT2D eigenvalue weighted by atomic mass is 10.0. The van der Waals surface area contributed by atoms with E-state index in [2.05, 4.69) is 16.3 Å². The molecule has 1 saturated heterocycles. The van der Waals surface area contributed by atoms with Crippen molar-refractivity contribution >= 4 is 27.3 Å². The molecule has 176 valence electrons. The zero-order valence-electron chi connectivity index (χ0n) is 18.8. The van der Waals surface area contributed by atoms with E-state index in [4.69, 9.17) is 0 Å². The minimum absolute atomic E-state index is 0.0740. The molecule has 8 nitrogen and oxygen atoms in total. The van der Waals surface area contributed by atoms with Gasteiger partial charge in [-0.25, -0.2) is 8.42 Å². The van der Waals surface area contributed by atoms with E-state index in [0.717, 1.165) is 24.1 Å². The van der Waals surface area contributed by atoms with Crippen molar-refractivity contribution in [2.45, 2.75) is 36.8 Å². The van der Waals surface area contributed by atoms with Crippen LogP contribution in [-0.4, -0.2) is 73.7 Å². The summed E-state index contributed by atoms with van der Waals surface area (Å²) in [5.74, 6) is -1.26. The fourth-order valence-corrected chi connectivity index (χ4v) is 5.81. The molecule has 2 N–H and O–H groups in total. The minimum Gasteiger partial charge on any atom is -0.392 e. The van der Waals surface area contributed by atoms with Crippen molar-refractivity contribution in [2.24, 2.45) is 0 Å². The quantitative estimate of drug-likeness (QED) is 0.662. The summed E-state index contributed by atoms with van der Waals surface area (Å²) in [6.07, 6.45) is 0.457. The Balaban J connectivity index is 1.55. The van der Waals surface area contributed by atoms with Gasteiger partial charge in [0, 0.05) is 26.7 Å². The number of likely N-dealkylation sites (N-methyl/N-ethyl adjacent to an activating group) is 1. The highest BCUT2D eigenvalue weighted by atomic mass is 32.2. The van der Waals surface area contributed by atoms with Crippen LogP contribution < -0.4 is 5.32 Å². The number of sulfone groups is 1. The summed E-state index contributed by atoms with van der Waals surface area (Å²) in [7, 11) is -1.89. The number of nitrogens with one attached hydrogen (secondary N) is 1. The van der Waals surface area contributed by atoms with E-state index >= 15 is 0 Å². The topological polar surface area (TPSA) is 107 Å². The van der Waals surface area contributed by atoms with Crippen LogP contribution in [0, 0.1) is 6.92 Å². The van der Waals surface area contributed by atoms with Gasteiger partial charge in [0.05, 0.1) is 29.1 Å². The average Bonchev–Trinajstić information content (AvgIpc) is 3.15. The summed E-state index contributed by atoms with van der Waals surface area (Å²) in [6, 6.07) is 12.5. The molecule has 2 aromatic rings. The predicted octanol–water partition coefficient (Wildman–Crippen LogP) is 1.53. The van der Waals surface area contributed by atoms with Crippen LogP contribution >= 0.6 is 0 Å². The zero-order chi connectivity index (χ0) is 23.8. The van der Waals surface area contributed by atoms with Crippen molar-refractivity contribution in [1.82, 2.24) is 9.80 Å². The molecule has 0 aromatic heterocycles. The molecule has 0 aliphatic carbocycles. The van der Waals surface area contributed by atoms with Crippen molar-refractivity contribution < 1.29 is 23.1 Å². The van der Waals surface area contributed by atoms with Crippen molar-refractivity contribution in [3.05, 3.63) is 59.2 Å². The summed E-state index contributed by atoms with van der Waals surface area (Å²) in [5.41, 5.74) is 2.98. The van der Waals surface area contributed by atoms with Gasteiger partial charge in [-0.05, 0) is 36.6 Å². The van der Waals surface area contributed by atoms with Crippen molar-refractivity contribution in [2.75, 3.05) is 37.8 Å². The number of fused-ring (bicyclic) bond motifs is 1. The number of aliphatic hydroxyl groups excluding tert-OH is 1. The number of anilines is 1. The molecular formula is C24H29N3O5S. The summed E-state index contributed by atoms with van der Waals surface area (Å²) >= 11 is 0. The summed E-state index contributed by atoms with van der Waals surface area (Å²) < 4.78 is 24.5. The molecule has 1 fully saturated rings. The van der Waals surface area contributed by atoms with Gasteiger partial charge in [0.2, 0.25) is 11.8 Å². The Bertz CT molecular complexity index is 1180. The Hall–Kier alpha value is -2.75. The van der Waals surface area contributed by atoms with E-state index in [1.165, 1.54) is 6.07 Å². The van der Waals surface area contributed by atoms with Crippen LogP contribution in [0.25, 0.3) is 0 Å². The van der Waals surface area contributed by atoms with Gasteiger partial charge in [0.15, 0.2) is 9.84 Å². The van der Waals surface area contributed by atoms with Gasteiger partial charge in [-0.2, -0.15) is 0 Å². The first kappa shape index (κ1) is 23.4. The zero-order valence-corrected chi connectivity index (χ0v) is 19.6. The van der Waals surface area contributed by atoms with Gasteiger partial charge in [0.25, 0.3) is 0 Å². The van der Waals surface area contributed by atoms with Gasteiger partial charge >= 0.3 is 0 Å². The lowest BCUT2D eigenvalue weighted by molar-refractivity contribution is -0.131. The number of likely N-dealkylation sites (tertiary alicyclic amines) is 1. The molecule has 0 bridgehead atoms. The van der Waals surface area contributed by atoms with E-state index in [9.17, 15) is 23.1 Å². The number of benzene rings is 2. The van der Waals surface area contributed by atoms with Crippen LogP contribution in [0.1, 0.15) is 29.2 Å². The second-order valence-corrected chi connectivity index (χ2v) is 10.9. The number of hydrogen-bond donors (Lipinski definition) is 2. The molecule has 2 amide bonds. The normalized spacial score (nSPS) is 20.7. The van der Waals surface area contributed by atoms with Gasteiger partial charge in [0.1, 0.15) is 5.75 Å². The lowest BCUT2D eigenvalue weighted by Gasteiger charge is -2.32. The number of aliphatic hydroxyl groups is 1. The fourth-order valence-electron chi connectivity index (χ4n) is 4.52. The maximum absolute atomic E-state index is 13.3. The standard InChI is InChI=1S/C24H29N3O5S/c1-16-4-3-5-18(10-16)21(14-27-9-8-19(28)13-27)26(2)24(30)12-17-6-7-22-20(11-17)25-23(29)15-33(22,31)32/h3-7,10-11,19,21,28H,8-9,12-15H2,1-2H3,(H,25,29)/t19-,21-/m1/s1. The predicted molar refractivity (Wildman–Crippen MR) is 125 cm³/mol. The number of β-amino-alcohol motifs (C(OH)–C–C–N with tert-alkyl or cyclic N) is 1. The van der Waals surface area contributed by atoms with Crippen molar-refractivity contribution in [3.8, 4) is 0 Å². The third-order valence-corrected chi connectivity index (χ3v) is 7.96. The number of rotatable bonds is 6. The lowest BCUT2D eigenvalue weighted by Crippen LogP contribution is -2.39. The molecule has 0 unspecified atom stereocenters. The fraction of sp³-hybridized carbons (Fsp3) is 0.417. The highest BCUT2D eigenvalue weighted by Gasteiger charge is 2.30. The number of carbonyl (C=O) groups excluding carboxylic acids is 2. The SMILES string of the molecule is Cc1cccc([C@@H](CN2CC[C@@H](O)C2)N(C)C(=O)Cc2ccc3c(c2)NC(=O)CS3(=O)=O)c1. The molecule has 9 heteroatoms. The monoisotopic (exact) mass is 471 g/mol. The first-order valence-electron chi connectivity index (χ1n) is 11.0. The highest BCUT2D eigenvalue weighted by molar-refractivity contribution is 7.92. The highest BCUT2D eigenvalue weighted by Crippen LogP contribution is 2.29. The molecule has 4 rings (SSSR count). The number of carbonyl (C=O) groups is 2. The largest absolute Gasteiger partial charge is 0.392 e. The third-order valence-electron chi connectivity index (χ3n) is 6.30. The Morgan fingerprint density at radius 1 is 1.27 bits per heavy atom. The molecule has 2 atom stereocenters. The molecule has 0 radical (unpaired) electrons. The molecule has 2 aliphatic heterocycles. The first-order chi connectivity index (χ1) is 15.6. The smallest absolute Gasteiger partial charge is 0.239 e. The molecule has 2 heterocycles. The minimum atomic E-state index is -3.66. The van der Waals surface area contributed by atoms with Crippen LogP contribution in [-0.2, 0) is 25.8 Å². The van der Waals surface area contributed by atoms with Crippen LogP contribution in [0.15, 0.2) is 47.4 Å². The van der Waals surface area contributed by atoms with E-state index in [1.54, 1.807) is 24.1 Å². The number of hydrogen-bond acceptors (Lipinski definition) is 6. The van der Waals surface area contributed by atoms with E-state index in [1.807, 2.05) is 25.1 Å². The van der Waals surface area contributed by atoms with Crippen LogP contribution in [0.4, 0.5) is 5.69 Å². The molecule has 33 heavy (non-hydrogen) atoms. The Kier molecular flexibility index (Phi) is 6.56. The number of amides is 2. The summed E-state index contributed by atoms with van der Waals surface area (Å²) in [6.45, 7) is 3.99. The summed E-state index contributed by atoms with van der Waals surface area (Å²) in [4.78, 5) is 29.0. The van der Waals surface area contributed by atoms with Crippen LogP contribution in [0.2, 0.25) is 0 Å². The van der Waals surface area contributed by atoms with Gasteiger partial charge in [-0.15, -0.1) is 0 Å². The maximum atomic E-state index is 13.3. The Morgan fingerprint density at radius 3 is 2.76 bits per heavy atom. The first-order valence-corrected chi connectivity index (χ1v) is 12.7. The van der Waals surface area contributed by atoms with Crippen LogP contribution in [0.5, 0.6) is 0 Å². The Labute approximate surface area is 194 Å². The van der Waals surface area contributed by atoms with Crippen molar-refractivity contribution in [1.29, 1.82) is 0 Å². The Morgan fingerprint density at radius 2 is 2.06 bits per heavy atom. The van der Waals surface area contributed by atoms with Crippen LogP contribution in [0.3, 0.4) is 0 Å². The number of nitrogens with zero attached hydrogens (tertiary/aromatic N) is 2. The second kappa shape index (κ2) is 9.24. The molecule has 0 spiro atoms. The van der Waals surface area contributed by atoms with E-state index < -0.39 is 21.5 Å². The van der Waals surface area contributed by atoms with Crippen molar-refractivity contribution in [3.63, 3.8) is 0 Å². The van der Waals surface area contributed by atoms with E-state index in [0.29, 0.717) is 18.7 Å². The molecule has 2 aromatic carbocycles. The number of aryl methyl sites for hydroxylation is 1. The van der Waals surface area contributed by atoms with E-state index in [-0.39, 0.29) is 35.1 Å². The second-order valence-electron chi connectivity index (χ2n) is 8.95. The average molecular weight is 472 g/mol. The third kappa shape index (κ3) is 5.26. The van der Waals surface area contributed by atoms with Gasteiger partial charge in [-0.3, -0.25) is 14.5 Å². The van der Waals surface area contributed by atoms with Gasteiger partial charge < -0.3 is 15.3 Å². The molecule has 2 aliphatic rings. The maximum Gasteiger partial charge on any atom is 0.239 e. The summed E-state index contributed by atoms with van der Waals surface area (Å²) in [5, 5.41) is 12.5.